The van der Waals surface area contributed by atoms with Crippen molar-refractivity contribution < 1.29 is 9.53 Å². The van der Waals surface area contributed by atoms with E-state index in [1.807, 2.05) is 0 Å². The SMILES string of the molecule is O=C(OCCC1CCC1)c1cc(S)ccc1Cl. The molecule has 4 heteroatoms. The number of hydrogen-bond acceptors (Lipinski definition) is 3. The number of carbonyl (C=O) groups is 1. The third-order valence-corrected chi connectivity index (χ3v) is 3.76. The molecular formula is C13H15ClO2S. The topological polar surface area (TPSA) is 26.3 Å². The predicted molar refractivity (Wildman–Crippen MR) is 70.9 cm³/mol. The van der Waals surface area contributed by atoms with E-state index in [0.29, 0.717) is 22.1 Å². The Bertz CT molecular complexity index is 416. The number of halogens is 1. The molecule has 1 fully saturated rings. The van der Waals surface area contributed by atoms with Crippen LogP contribution in [-0.4, -0.2) is 12.6 Å². The van der Waals surface area contributed by atoms with Gasteiger partial charge in [-0.1, -0.05) is 30.9 Å². The molecule has 1 aromatic rings. The van der Waals surface area contributed by atoms with E-state index in [0.717, 1.165) is 12.3 Å². The molecule has 0 aromatic heterocycles. The van der Waals surface area contributed by atoms with Gasteiger partial charge in [-0.2, -0.15) is 0 Å². The largest absolute Gasteiger partial charge is 0.462 e. The molecule has 0 bridgehead atoms. The van der Waals surface area contributed by atoms with Crippen LogP contribution >= 0.6 is 24.2 Å². The maximum absolute atomic E-state index is 11.8. The molecule has 0 spiro atoms. The summed E-state index contributed by atoms with van der Waals surface area (Å²) in [6.45, 7) is 0.483. The fraction of sp³-hybridized carbons (Fsp3) is 0.462. The van der Waals surface area contributed by atoms with Crippen molar-refractivity contribution in [1.82, 2.24) is 0 Å². The number of hydrogen-bond donors (Lipinski definition) is 1. The van der Waals surface area contributed by atoms with Gasteiger partial charge in [-0.25, -0.2) is 4.79 Å². The lowest BCUT2D eigenvalue weighted by atomic mass is 9.83. The average molecular weight is 271 g/mol. The van der Waals surface area contributed by atoms with E-state index in [-0.39, 0.29) is 5.97 Å². The maximum atomic E-state index is 11.8. The van der Waals surface area contributed by atoms with E-state index >= 15 is 0 Å². The second-order valence-electron chi connectivity index (χ2n) is 4.39. The van der Waals surface area contributed by atoms with Gasteiger partial charge in [-0.15, -0.1) is 12.6 Å². The zero-order chi connectivity index (χ0) is 12.3. The van der Waals surface area contributed by atoms with Gasteiger partial charge < -0.3 is 4.74 Å². The Morgan fingerprint density at radius 3 is 2.88 bits per heavy atom. The van der Waals surface area contributed by atoms with Gasteiger partial charge in [0.1, 0.15) is 0 Å². The minimum absolute atomic E-state index is 0.356. The molecule has 1 aliphatic carbocycles. The molecule has 1 saturated carbocycles. The highest BCUT2D eigenvalue weighted by molar-refractivity contribution is 7.80. The summed E-state index contributed by atoms with van der Waals surface area (Å²) in [6.07, 6.45) is 4.81. The molecule has 1 aliphatic rings. The van der Waals surface area contributed by atoms with Gasteiger partial charge in [0.25, 0.3) is 0 Å². The Morgan fingerprint density at radius 2 is 2.24 bits per heavy atom. The lowest BCUT2D eigenvalue weighted by molar-refractivity contribution is 0.0464. The van der Waals surface area contributed by atoms with Crippen molar-refractivity contribution in [3.63, 3.8) is 0 Å². The Balaban J connectivity index is 1.87. The number of benzene rings is 1. The van der Waals surface area contributed by atoms with Crippen LogP contribution in [0.4, 0.5) is 0 Å². The summed E-state index contributed by atoms with van der Waals surface area (Å²) < 4.78 is 5.21. The van der Waals surface area contributed by atoms with Gasteiger partial charge in [0.2, 0.25) is 0 Å². The molecule has 1 aromatic carbocycles. The van der Waals surface area contributed by atoms with E-state index in [1.165, 1.54) is 19.3 Å². The van der Waals surface area contributed by atoms with Crippen LogP contribution in [-0.2, 0) is 4.74 Å². The molecule has 0 radical (unpaired) electrons. The van der Waals surface area contributed by atoms with Crippen LogP contribution in [0.3, 0.4) is 0 Å². The van der Waals surface area contributed by atoms with Gasteiger partial charge in [-0.3, -0.25) is 0 Å². The van der Waals surface area contributed by atoms with Crippen molar-refractivity contribution in [2.24, 2.45) is 5.92 Å². The average Bonchev–Trinajstić information content (AvgIpc) is 2.25. The zero-order valence-electron chi connectivity index (χ0n) is 9.49. The molecule has 2 nitrogen and oxygen atoms in total. The monoisotopic (exact) mass is 270 g/mol. The summed E-state index contributed by atoms with van der Waals surface area (Å²) in [6, 6.07) is 5.04. The zero-order valence-corrected chi connectivity index (χ0v) is 11.1. The van der Waals surface area contributed by atoms with Gasteiger partial charge in [0.15, 0.2) is 0 Å². The van der Waals surface area contributed by atoms with Crippen molar-refractivity contribution in [3.05, 3.63) is 28.8 Å². The molecule has 0 saturated heterocycles. The number of thiol groups is 1. The van der Waals surface area contributed by atoms with E-state index in [2.05, 4.69) is 12.6 Å². The Kier molecular flexibility index (Phi) is 4.35. The van der Waals surface area contributed by atoms with Crippen LogP contribution in [0.25, 0.3) is 0 Å². The van der Waals surface area contributed by atoms with Crippen LogP contribution in [0.15, 0.2) is 23.1 Å². The second kappa shape index (κ2) is 5.78. The minimum Gasteiger partial charge on any atom is -0.462 e. The highest BCUT2D eigenvalue weighted by Crippen LogP contribution is 2.29. The van der Waals surface area contributed by atoms with Gasteiger partial charge >= 0.3 is 5.97 Å². The van der Waals surface area contributed by atoms with E-state index in [1.54, 1.807) is 18.2 Å². The number of carbonyl (C=O) groups excluding carboxylic acids is 1. The van der Waals surface area contributed by atoms with Crippen molar-refractivity contribution >= 4 is 30.2 Å². The van der Waals surface area contributed by atoms with Gasteiger partial charge in [-0.05, 0) is 30.5 Å². The molecule has 2 rings (SSSR count). The first-order valence-corrected chi connectivity index (χ1v) is 6.65. The van der Waals surface area contributed by atoms with Gasteiger partial charge in [0, 0.05) is 4.90 Å². The normalized spacial score (nSPS) is 15.4. The number of ether oxygens (including phenoxy) is 1. The highest BCUT2D eigenvalue weighted by Gasteiger charge is 2.18. The van der Waals surface area contributed by atoms with Crippen molar-refractivity contribution in [2.45, 2.75) is 30.6 Å². The summed E-state index contributed by atoms with van der Waals surface area (Å²) in [5, 5.41) is 0.413. The predicted octanol–water partition coefficient (Wildman–Crippen LogP) is 3.98. The molecule has 0 aliphatic heterocycles. The van der Waals surface area contributed by atoms with E-state index in [4.69, 9.17) is 16.3 Å². The first-order chi connectivity index (χ1) is 8.16. The first-order valence-electron chi connectivity index (χ1n) is 5.82. The smallest absolute Gasteiger partial charge is 0.339 e. The van der Waals surface area contributed by atoms with E-state index in [9.17, 15) is 4.79 Å². The summed E-state index contributed by atoms with van der Waals surface area (Å²) in [7, 11) is 0. The Morgan fingerprint density at radius 1 is 1.47 bits per heavy atom. The van der Waals surface area contributed by atoms with Crippen LogP contribution in [0.5, 0.6) is 0 Å². The van der Waals surface area contributed by atoms with Gasteiger partial charge in [0.05, 0.1) is 17.2 Å². The highest BCUT2D eigenvalue weighted by atomic mass is 35.5. The van der Waals surface area contributed by atoms with Crippen LogP contribution in [0.1, 0.15) is 36.0 Å². The van der Waals surface area contributed by atoms with Crippen molar-refractivity contribution in [2.75, 3.05) is 6.61 Å². The second-order valence-corrected chi connectivity index (χ2v) is 5.31. The van der Waals surface area contributed by atoms with Crippen molar-refractivity contribution in [3.8, 4) is 0 Å². The fourth-order valence-electron chi connectivity index (χ4n) is 1.85. The lowest BCUT2D eigenvalue weighted by Crippen LogP contribution is -2.15. The summed E-state index contributed by atoms with van der Waals surface area (Å²) >= 11 is 10.1. The fourth-order valence-corrected chi connectivity index (χ4v) is 2.25. The minimum atomic E-state index is -0.356. The third kappa shape index (κ3) is 3.39. The van der Waals surface area contributed by atoms with E-state index < -0.39 is 0 Å². The third-order valence-electron chi connectivity index (χ3n) is 3.15. The molecule has 0 heterocycles. The summed E-state index contributed by atoms with van der Waals surface area (Å²) in [4.78, 5) is 12.5. The summed E-state index contributed by atoms with van der Waals surface area (Å²) in [5.74, 6) is 0.389. The summed E-state index contributed by atoms with van der Waals surface area (Å²) in [5.41, 5.74) is 0.396. The molecular weight excluding hydrogens is 256 g/mol. The molecule has 17 heavy (non-hydrogen) atoms. The van der Waals surface area contributed by atoms with Crippen LogP contribution in [0.2, 0.25) is 5.02 Å². The van der Waals surface area contributed by atoms with Crippen LogP contribution < -0.4 is 0 Å². The van der Waals surface area contributed by atoms with Crippen molar-refractivity contribution in [1.29, 1.82) is 0 Å². The molecule has 0 atom stereocenters. The van der Waals surface area contributed by atoms with Crippen LogP contribution in [0, 0.1) is 5.92 Å². The quantitative estimate of drug-likeness (QED) is 0.662. The maximum Gasteiger partial charge on any atom is 0.339 e. The first kappa shape index (κ1) is 12.8. The molecule has 0 amide bonds. The Labute approximate surface area is 112 Å². The Hall–Kier alpha value is -0.670. The number of rotatable bonds is 4. The number of esters is 1. The molecule has 92 valence electrons. The molecule has 0 N–H and O–H groups in total. The lowest BCUT2D eigenvalue weighted by Gasteiger charge is -2.24. The standard InChI is InChI=1S/C13H15ClO2S/c14-12-5-4-10(17)8-11(12)13(15)16-7-6-9-2-1-3-9/h4-5,8-9,17H,1-3,6-7H2. The molecule has 0 unspecified atom stereocenters.